The van der Waals surface area contributed by atoms with Crippen LogP contribution in [0.5, 0.6) is 0 Å². The van der Waals surface area contributed by atoms with Crippen molar-refractivity contribution in [2.45, 2.75) is 54.2 Å². The molecule has 3 N–H and O–H groups in total. The topological polar surface area (TPSA) is 58.6 Å². The van der Waals surface area contributed by atoms with E-state index in [-0.39, 0.29) is 5.41 Å². The zero-order valence-electron chi connectivity index (χ0n) is 10.8. The highest BCUT2D eigenvalue weighted by Crippen LogP contribution is 2.28. The lowest BCUT2D eigenvalue weighted by Crippen LogP contribution is -2.22. The number of hydrogen-bond acceptors (Lipinski definition) is 3. The zero-order valence-corrected chi connectivity index (χ0v) is 10.8. The van der Waals surface area contributed by atoms with Gasteiger partial charge in [-0.25, -0.2) is 0 Å². The molecule has 3 heteroatoms. The molecule has 88 valence electrons. The van der Waals surface area contributed by atoms with E-state index in [9.17, 15) is 5.11 Å². The van der Waals surface area contributed by atoms with E-state index < -0.39 is 6.23 Å². The summed E-state index contributed by atoms with van der Waals surface area (Å²) in [4.78, 5) is 4.22. The van der Waals surface area contributed by atoms with Crippen LogP contribution in [0.1, 0.15) is 48.0 Å². The number of aliphatic imine (C=N–C) groups is 1. The van der Waals surface area contributed by atoms with Gasteiger partial charge in [0.1, 0.15) is 6.23 Å². The summed E-state index contributed by atoms with van der Waals surface area (Å²) < 4.78 is 0. The molecule has 0 aliphatic heterocycles. The normalized spacial score (nSPS) is 17.4. The highest BCUT2D eigenvalue weighted by atomic mass is 16.3. The molecule has 0 aliphatic carbocycles. The van der Waals surface area contributed by atoms with Crippen LogP contribution in [0, 0.1) is 5.41 Å². The third-order valence-electron chi connectivity index (χ3n) is 2.21. The first-order chi connectivity index (χ1) is 6.70. The SMILES string of the molecule is CCC(O)N=C(C)/C(=C(/C)N)C(C)(C)C. The number of rotatable bonds is 3. The number of allylic oxidation sites excluding steroid dienone is 2. The van der Waals surface area contributed by atoms with Gasteiger partial charge in [-0.3, -0.25) is 4.99 Å². The lowest BCUT2D eigenvalue weighted by Gasteiger charge is -2.25. The van der Waals surface area contributed by atoms with E-state index in [1.165, 1.54) is 0 Å². The Morgan fingerprint density at radius 3 is 2.07 bits per heavy atom. The Labute approximate surface area is 93.1 Å². The molecule has 0 heterocycles. The van der Waals surface area contributed by atoms with Crippen LogP contribution >= 0.6 is 0 Å². The monoisotopic (exact) mass is 212 g/mol. The van der Waals surface area contributed by atoms with Crippen molar-refractivity contribution in [2.75, 3.05) is 0 Å². The van der Waals surface area contributed by atoms with Crippen LogP contribution in [-0.4, -0.2) is 17.0 Å². The van der Waals surface area contributed by atoms with Crippen molar-refractivity contribution in [3.8, 4) is 0 Å². The van der Waals surface area contributed by atoms with E-state index >= 15 is 0 Å². The summed E-state index contributed by atoms with van der Waals surface area (Å²) in [5.41, 5.74) is 8.44. The molecule has 0 saturated carbocycles. The van der Waals surface area contributed by atoms with Crippen LogP contribution in [0.2, 0.25) is 0 Å². The van der Waals surface area contributed by atoms with Gasteiger partial charge in [-0.2, -0.15) is 0 Å². The fourth-order valence-electron chi connectivity index (χ4n) is 1.80. The molecular weight excluding hydrogens is 188 g/mol. The van der Waals surface area contributed by atoms with Crippen LogP contribution in [-0.2, 0) is 0 Å². The number of nitrogens with two attached hydrogens (primary N) is 1. The van der Waals surface area contributed by atoms with Gasteiger partial charge in [-0.1, -0.05) is 27.7 Å². The van der Waals surface area contributed by atoms with Crippen molar-refractivity contribution in [2.24, 2.45) is 16.1 Å². The van der Waals surface area contributed by atoms with E-state index in [0.717, 1.165) is 17.0 Å². The first kappa shape index (κ1) is 14.2. The Kier molecular flexibility index (Phi) is 5.01. The van der Waals surface area contributed by atoms with Gasteiger partial charge in [0.25, 0.3) is 0 Å². The minimum Gasteiger partial charge on any atom is -0.402 e. The van der Waals surface area contributed by atoms with E-state index in [1.807, 2.05) is 20.8 Å². The largest absolute Gasteiger partial charge is 0.402 e. The van der Waals surface area contributed by atoms with Crippen LogP contribution < -0.4 is 5.73 Å². The smallest absolute Gasteiger partial charge is 0.145 e. The van der Waals surface area contributed by atoms with Gasteiger partial charge < -0.3 is 10.8 Å². The Morgan fingerprint density at radius 1 is 1.33 bits per heavy atom. The molecule has 0 radical (unpaired) electrons. The maximum atomic E-state index is 9.47. The molecule has 0 aliphatic rings. The Balaban J connectivity index is 5.16. The van der Waals surface area contributed by atoms with E-state index in [2.05, 4.69) is 25.8 Å². The lowest BCUT2D eigenvalue weighted by atomic mass is 9.82. The molecule has 0 rings (SSSR count). The fraction of sp³-hybridized carbons (Fsp3) is 0.750. The summed E-state index contributed by atoms with van der Waals surface area (Å²) in [6.07, 6.45) is -0.0000312. The Morgan fingerprint density at radius 2 is 1.80 bits per heavy atom. The summed E-state index contributed by atoms with van der Waals surface area (Å²) in [5.74, 6) is 0. The molecule has 0 aromatic rings. The highest BCUT2D eigenvalue weighted by Gasteiger charge is 2.21. The zero-order chi connectivity index (χ0) is 12.2. The number of nitrogens with zero attached hydrogens (tertiary/aromatic N) is 1. The summed E-state index contributed by atoms with van der Waals surface area (Å²) in [7, 11) is 0. The van der Waals surface area contributed by atoms with Crippen molar-refractivity contribution in [3.05, 3.63) is 11.3 Å². The van der Waals surface area contributed by atoms with Crippen LogP contribution in [0.4, 0.5) is 0 Å². The standard InChI is InChI=1S/C12H24N2O/c1-7-10(15)14-9(3)11(8(2)13)12(4,5)6/h10,15H,7,13H2,1-6H3/b11-8+,14-9?. The first-order valence-electron chi connectivity index (χ1n) is 5.39. The van der Waals surface area contributed by atoms with Gasteiger partial charge in [-0.05, 0) is 31.3 Å². The summed E-state index contributed by atoms with van der Waals surface area (Å²) in [5, 5.41) is 9.47. The van der Waals surface area contributed by atoms with Gasteiger partial charge in [0.05, 0.1) is 0 Å². The lowest BCUT2D eigenvalue weighted by molar-refractivity contribution is 0.180. The van der Waals surface area contributed by atoms with Gasteiger partial charge >= 0.3 is 0 Å². The second kappa shape index (κ2) is 5.31. The third-order valence-corrected chi connectivity index (χ3v) is 2.21. The third kappa shape index (κ3) is 4.47. The second-order valence-electron chi connectivity index (χ2n) is 4.91. The van der Waals surface area contributed by atoms with Crippen LogP contribution in [0.15, 0.2) is 16.3 Å². The maximum Gasteiger partial charge on any atom is 0.145 e. The quantitative estimate of drug-likeness (QED) is 0.706. The molecule has 1 atom stereocenters. The second-order valence-corrected chi connectivity index (χ2v) is 4.91. The van der Waals surface area contributed by atoms with Crippen molar-refractivity contribution < 1.29 is 5.11 Å². The Hall–Kier alpha value is -0.830. The molecule has 3 nitrogen and oxygen atoms in total. The first-order valence-corrected chi connectivity index (χ1v) is 5.39. The van der Waals surface area contributed by atoms with Crippen molar-refractivity contribution in [1.29, 1.82) is 0 Å². The maximum absolute atomic E-state index is 9.47. The molecule has 0 aromatic heterocycles. The highest BCUT2D eigenvalue weighted by molar-refractivity contribution is 5.99. The van der Waals surface area contributed by atoms with Crippen LogP contribution in [0.25, 0.3) is 0 Å². The molecule has 0 spiro atoms. The molecule has 0 bridgehead atoms. The molecule has 0 aromatic carbocycles. The van der Waals surface area contributed by atoms with Gasteiger partial charge in [0, 0.05) is 11.4 Å². The summed E-state index contributed by atoms with van der Waals surface area (Å²) in [6, 6.07) is 0. The van der Waals surface area contributed by atoms with Gasteiger partial charge in [0.15, 0.2) is 0 Å². The Bertz CT molecular complexity index is 268. The predicted octanol–water partition coefficient (Wildman–Crippen LogP) is 2.45. The van der Waals surface area contributed by atoms with Crippen molar-refractivity contribution >= 4 is 5.71 Å². The van der Waals surface area contributed by atoms with Gasteiger partial charge in [0.2, 0.25) is 0 Å². The average Bonchev–Trinajstić information content (AvgIpc) is 1.99. The molecule has 0 fully saturated rings. The predicted molar refractivity (Wildman–Crippen MR) is 65.7 cm³/mol. The fourth-order valence-corrected chi connectivity index (χ4v) is 1.80. The minimum absolute atomic E-state index is 0.0418. The van der Waals surface area contributed by atoms with Gasteiger partial charge in [-0.15, -0.1) is 0 Å². The molecule has 15 heavy (non-hydrogen) atoms. The number of aliphatic hydroxyl groups is 1. The summed E-state index contributed by atoms with van der Waals surface area (Å²) in [6.45, 7) is 12.0. The van der Waals surface area contributed by atoms with E-state index in [4.69, 9.17) is 5.73 Å². The number of aliphatic hydroxyl groups excluding tert-OH is 1. The molecule has 1 unspecified atom stereocenters. The number of hydrogen-bond donors (Lipinski definition) is 2. The molecular formula is C12H24N2O. The average molecular weight is 212 g/mol. The van der Waals surface area contributed by atoms with Crippen molar-refractivity contribution in [3.63, 3.8) is 0 Å². The molecule has 0 saturated heterocycles. The van der Waals surface area contributed by atoms with Crippen molar-refractivity contribution in [1.82, 2.24) is 0 Å². The van der Waals surface area contributed by atoms with E-state index in [0.29, 0.717) is 6.42 Å². The van der Waals surface area contributed by atoms with E-state index in [1.54, 1.807) is 0 Å². The molecule has 0 amide bonds. The minimum atomic E-state index is -0.623. The summed E-state index contributed by atoms with van der Waals surface area (Å²) >= 11 is 0. The van der Waals surface area contributed by atoms with Crippen LogP contribution in [0.3, 0.4) is 0 Å².